The number of aryl methyl sites for hydroxylation is 1. The van der Waals surface area contributed by atoms with Gasteiger partial charge in [-0.3, -0.25) is 0 Å². The molecular weight excluding hydrogens is 256 g/mol. The van der Waals surface area contributed by atoms with Crippen LogP contribution >= 0.6 is 0 Å². The van der Waals surface area contributed by atoms with Crippen molar-refractivity contribution in [3.05, 3.63) is 71.5 Å². The minimum absolute atomic E-state index is 0.586. The second-order valence-electron chi connectivity index (χ2n) is 5.71. The highest BCUT2D eigenvalue weighted by Crippen LogP contribution is 2.51. The Morgan fingerprint density at radius 1 is 1.00 bits per heavy atom. The molecule has 0 amide bonds. The van der Waals surface area contributed by atoms with Crippen molar-refractivity contribution in [2.75, 3.05) is 0 Å². The molecule has 2 unspecified atom stereocenters. The van der Waals surface area contributed by atoms with Crippen LogP contribution in [0.3, 0.4) is 0 Å². The standard InChI is InChI=1S/C13H8O.C7H8/c1-2-4-12-9(3-1)10-6-5-8-7-11(8)13(10)14-12;1-7-5-3-2-4-6-7/h1-4,8,11H,7H2;2-6H,1H3. The molecule has 0 saturated heterocycles. The molecule has 0 N–H and O–H groups in total. The van der Waals surface area contributed by atoms with Gasteiger partial charge in [0, 0.05) is 17.2 Å². The van der Waals surface area contributed by atoms with Gasteiger partial charge in [0.25, 0.3) is 0 Å². The fourth-order valence-corrected chi connectivity index (χ4v) is 2.80. The van der Waals surface area contributed by atoms with Crippen molar-refractivity contribution in [2.45, 2.75) is 19.3 Å². The average Bonchev–Trinajstić information content (AvgIpc) is 3.22. The summed E-state index contributed by atoms with van der Waals surface area (Å²) in [6.07, 6.45) is 1.19. The van der Waals surface area contributed by atoms with E-state index in [0.717, 1.165) is 16.9 Å². The summed E-state index contributed by atoms with van der Waals surface area (Å²) in [5.41, 5.74) is 3.45. The minimum Gasteiger partial charge on any atom is -0.459 e. The first-order valence-corrected chi connectivity index (χ1v) is 7.37. The van der Waals surface area contributed by atoms with Gasteiger partial charge in [-0.2, -0.15) is 0 Å². The molecule has 102 valence electrons. The first kappa shape index (κ1) is 12.3. The van der Waals surface area contributed by atoms with Gasteiger partial charge in [0.2, 0.25) is 0 Å². The Labute approximate surface area is 124 Å². The Bertz CT molecular complexity index is 846. The Balaban J connectivity index is 0.000000141. The van der Waals surface area contributed by atoms with Crippen molar-refractivity contribution in [1.82, 2.24) is 0 Å². The largest absolute Gasteiger partial charge is 0.459 e. The van der Waals surface area contributed by atoms with Gasteiger partial charge in [0.1, 0.15) is 11.3 Å². The van der Waals surface area contributed by atoms with Crippen LogP contribution in [0, 0.1) is 24.7 Å². The predicted octanol–water partition coefficient (Wildman–Crippen LogP) is 4.90. The topological polar surface area (TPSA) is 13.1 Å². The number of fused-ring (bicyclic) bond motifs is 5. The lowest BCUT2D eigenvalue weighted by Crippen LogP contribution is -1.88. The van der Waals surface area contributed by atoms with E-state index in [9.17, 15) is 0 Å². The van der Waals surface area contributed by atoms with E-state index in [4.69, 9.17) is 4.42 Å². The maximum Gasteiger partial charge on any atom is 0.135 e. The zero-order chi connectivity index (χ0) is 14.2. The van der Waals surface area contributed by atoms with E-state index in [-0.39, 0.29) is 0 Å². The van der Waals surface area contributed by atoms with Crippen molar-refractivity contribution in [1.29, 1.82) is 0 Å². The fraction of sp³-hybridized carbons (Fsp3) is 0.200. The van der Waals surface area contributed by atoms with Crippen molar-refractivity contribution in [2.24, 2.45) is 5.92 Å². The normalized spacial score (nSPS) is 20.4. The Morgan fingerprint density at radius 3 is 2.52 bits per heavy atom. The lowest BCUT2D eigenvalue weighted by atomic mass is 10.0. The van der Waals surface area contributed by atoms with Crippen molar-refractivity contribution < 1.29 is 4.42 Å². The van der Waals surface area contributed by atoms with E-state index in [1.54, 1.807) is 0 Å². The van der Waals surface area contributed by atoms with Crippen LogP contribution in [0.15, 0.2) is 59.0 Å². The second kappa shape index (κ2) is 4.82. The third-order valence-corrected chi connectivity index (χ3v) is 4.07. The number of hydrogen-bond donors (Lipinski definition) is 0. The van der Waals surface area contributed by atoms with Crippen LogP contribution in [0.2, 0.25) is 0 Å². The first-order chi connectivity index (χ1) is 10.3. The minimum atomic E-state index is 0.586. The molecule has 0 radical (unpaired) electrons. The molecule has 1 aromatic heterocycles. The van der Waals surface area contributed by atoms with E-state index in [2.05, 4.69) is 37.0 Å². The Kier molecular flexibility index (Phi) is 2.82. The molecule has 3 aromatic rings. The Hall–Kier alpha value is -2.46. The zero-order valence-corrected chi connectivity index (χ0v) is 12.0. The molecule has 2 aliphatic rings. The maximum absolute atomic E-state index is 5.84. The molecule has 1 saturated carbocycles. The maximum atomic E-state index is 5.84. The van der Waals surface area contributed by atoms with Crippen LogP contribution in [0.1, 0.15) is 29.2 Å². The molecule has 2 aromatic carbocycles. The van der Waals surface area contributed by atoms with Crippen LogP contribution in [-0.2, 0) is 0 Å². The third-order valence-electron chi connectivity index (χ3n) is 4.07. The van der Waals surface area contributed by atoms with Gasteiger partial charge in [-0.1, -0.05) is 59.9 Å². The van der Waals surface area contributed by atoms with Gasteiger partial charge in [-0.25, -0.2) is 0 Å². The van der Waals surface area contributed by atoms with E-state index in [1.165, 1.54) is 17.4 Å². The smallest absolute Gasteiger partial charge is 0.135 e. The SMILES string of the molecule is C1#CC2CC2c2oc3ccccc3c21.Cc1ccccc1. The number of benzene rings is 2. The molecule has 1 heteroatoms. The summed E-state index contributed by atoms with van der Waals surface area (Å²) in [6.45, 7) is 2.08. The fourth-order valence-electron chi connectivity index (χ4n) is 2.80. The lowest BCUT2D eigenvalue weighted by molar-refractivity contribution is 0.545. The van der Waals surface area contributed by atoms with E-state index in [0.29, 0.717) is 11.8 Å². The molecule has 0 aliphatic heterocycles. The quantitative estimate of drug-likeness (QED) is 0.531. The highest BCUT2D eigenvalue weighted by Gasteiger charge is 2.43. The van der Waals surface area contributed by atoms with Gasteiger partial charge in [0.05, 0.1) is 5.56 Å². The van der Waals surface area contributed by atoms with Gasteiger partial charge >= 0.3 is 0 Å². The lowest BCUT2D eigenvalue weighted by Gasteiger charge is -1.96. The number of hydrogen-bond acceptors (Lipinski definition) is 1. The molecular formula is C20H16O. The molecule has 5 rings (SSSR count). The van der Waals surface area contributed by atoms with Crippen LogP contribution < -0.4 is 0 Å². The summed E-state index contributed by atoms with van der Waals surface area (Å²) in [7, 11) is 0. The summed E-state index contributed by atoms with van der Waals surface area (Å²) < 4.78 is 5.84. The summed E-state index contributed by atoms with van der Waals surface area (Å²) in [5.74, 6) is 8.83. The van der Waals surface area contributed by atoms with Crippen molar-refractivity contribution >= 4 is 11.0 Å². The van der Waals surface area contributed by atoms with Gasteiger partial charge in [-0.15, -0.1) is 0 Å². The molecule has 0 spiro atoms. The van der Waals surface area contributed by atoms with Crippen LogP contribution in [0.25, 0.3) is 11.0 Å². The highest BCUT2D eigenvalue weighted by atomic mass is 16.3. The highest BCUT2D eigenvalue weighted by molar-refractivity contribution is 5.86. The summed E-state index contributed by atoms with van der Waals surface area (Å²) >= 11 is 0. The van der Waals surface area contributed by atoms with Gasteiger partial charge in [0.15, 0.2) is 0 Å². The van der Waals surface area contributed by atoms with Crippen LogP contribution in [0.5, 0.6) is 0 Å². The van der Waals surface area contributed by atoms with Crippen molar-refractivity contribution in [3.63, 3.8) is 0 Å². The van der Waals surface area contributed by atoms with Crippen molar-refractivity contribution in [3.8, 4) is 11.8 Å². The summed E-state index contributed by atoms with van der Waals surface area (Å²) in [5, 5.41) is 1.18. The molecule has 0 bridgehead atoms. The molecule has 1 heterocycles. The molecule has 1 fully saturated rings. The number of para-hydroxylation sites is 1. The first-order valence-electron chi connectivity index (χ1n) is 7.37. The monoisotopic (exact) mass is 272 g/mol. The molecule has 2 atom stereocenters. The number of rotatable bonds is 0. The third kappa shape index (κ3) is 2.23. The zero-order valence-electron chi connectivity index (χ0n) is 12.0. The molecule has 21 heavy (non-hydrogen) atoms. The van der Waals surface area contributed by atoms with Crippen LogP contribution in [-0.4, -0.2) is 0 Å². The number of furan rings is 1. The molecule has 2 aliphatic carbocycles. The van der Waals surface area contributed by atoms with E-state index in [1.807, 2.05) is 36.4 Å². The average molecular weight is 272 g/mol. The Morgan fingerprint density at radius 2 is 1.76 bits per heavy atom. The summed E-state index contributed by atoms with van der Waals surface area (Å²) in [6, 6.07) is 18.4. The second-order valence-corrected chi connectivity index (χ2v) is 5.71. The van der Waals surface area contributed by atoms with Crippen LogP contribution in [0.4, 0.5) is 0 Å². The van der Waals surface area contributed by atoms with E-state index >= 15 is 0 Å². The summed E-state index contributed by atoms with van der Waals surface area (Å²) in [4.78, 5) is 0. The van der Waals surface area contributed by atoms with E-state index < -0.39 is 0 Å². The molecule has 1 nitrogen and oxygen atoms in total. The van der Waals surface area contributed by atoms with Gasteiger partial charge < -0.3 is 4.42 Å². The predicted molar refractivity (Wildman–Crippen MR) is 85.1 cm³/mol. The van der Waals surface area contributed by atoms with Gasteiger partial charge in [-0.05, 0) is 25.5 Å².